The smallest absolute Gasteiger partial charge is 0.326 e. The molecule has 0 unspecified atom stereocenters. The molecule has 0 heterocycles. The number of thioether (sulfide) groups is 1. The van der Waals surface area contributed by atoms with Gasteiger partial charge in [0.1, 0.15) is 6.04 Å². The molecule has 0 aliphatic rings. The zero-order chi connectivity index (χ0) is 12.8. The van der Waals surface area contributed by atoms with E-state index < -0.39 is 17.4 Å². The fourth-order valence-electron chi connectivity index (χ4n) is 1.04. The molecule has 90 valence electrons. The molecule has 0 aliphatic heterocycles. The summed E-state index contributed by atoms with van der Waals surface area (Å²) in [5.74, 6) is -1.08. The number of nitrogens with one attached hydrogen (secondary N) is 1. The summed E-state index contributed by atoms with van der Waals surface area (Å²) in [6.45, 7) is 5.23. The van der Waals surface area contributed by atoms with Crippen molar-refractivity contribution < 1.29 is 14.7 Å². The second-order valence-corrected chi connectivity index (χ2v) is 5.34. The Kier molecular flexibility index (Phi) is 5.89. The Morgan fingerprint density at radius 3 is 2.44 bits per heavy atom. The molecule has 0 aliphatic carbocycles. The van der Waals surface area contributed by atoms with E-state index in [0.717, 1.165) is 11.8 Å². The van der Waals surface area contributed by atoms with E-state index in [2.05, 4.69) is 5.32 Å². The summed E-state index contributed by atoms with van der Waals surface area (Å²) in [6, 6.07) is 0.982. The van der Waals surface area contributed by atoms with Crippen LogP contribution in [0.25, 0.3) is 0 Å². The Bertz CT molecular complexity index is 304. The summed E-state index contributed by atoms with van der Waals surface area (Å²) in [4.78, 5) is 22.3. The molecule has 0 aromatic carbocycles. The summed E-state index contributed by atoms with van der Waals surface area (Å²) in [7, 11) is 0. The first-order chi connectivity index (χ1) is 7.29. The van der Waals surface area contributed by atoms with Gasteiger partial charge in [0.05, 0.1) is 17.6 Å². The Balaban J connectivity index is 4.27. The summed E-state index contributed by atoms with van der Waals surface area (Å²) >= 11 is 1.16. The lowest BCUT2D eigenvalue weighted by Crippen LogP contribution is -2.49. The second-order valence-electron chi connectivity index (χ2n) is 4.36. The van der Waals surface area contributed by atoms with Crippen LogP contribution in [0.2, 0.25) is 0 Å². The van der Waals surface area contributed by atoms with E-state index in [-0.39, 0.29) is 17.4 Å². The topological polar surface area (TPSA) is 90.2 Å². The van der Waals surface area contributed by atoms with Crippen molar-refractivity contribution in [2.75, 3.05) is 11.5 Å². The predicted octanol–water partition coefficient (Wildman–Crippen LogP) is 0.859. The zero-order valence-corrected chi connectivity index (χ0v) is 10.4. The number of carboxylic acids is 1. The highest BCUT2D eigenvalue weighted by Crippen LogP contribution is 2.19. The van der Waals surface area contributed by atoms with E-state index in [9.17, 15) is 9.59 Å². The van der Waals surface area contributed by atoms with E-state index in [1.54, 1.807) is 20.8 Å². The molecule has 1 amide bonds. The normalized spacial score (nSPS) is 12.6. The van der Waals surface area contributed by atoms with Gasteiger partial charge < -0.3 is 10.4 Å². The van der Waals surface area contributed by atoms with Gasteiger partial charge in [0.15, 0.2) is 0 Å². The van der Waals surface area contributed by atoms with Gasteiger partial charge in [-0.15, -0.1) is 11.8 Å². The number of amides is 1. The van der Waals surface area contributed by atoms with Crippen LogP contribution in [0, 0.1) is 16.7 Å². The fraction of sp³-hybridized carbons (Fsp3) is 0.700. The van der Waals surface area contributed by atoms with Crippen LogP contribution in [0.5, 0.6) is 0 Å². The molecule has 2 N–H and O–H groups in total. The first-order valence-corrected chi connectivity index (χ1v) is 5.91. The molecule has 0 aromatic heterocycles. The number of carbonyl (C=O) groups is 2. The minimum Gasteiger partial charge on any atom is -0.480 e. The maximum absolute atomic E-state index is 11.4. The number of nitriles is 1. The van der Waals surface area contributed by atoms with Crippen molar-refractivity contribution in [2.24, 2.45) is 5.41 Å². The summed E-state index contributed by atoms with van der Waals surface area (Å²) in [5, 5.41) is 19.7. The Morgan fingerprint density at radius 1 is 1.50 bits per heavy atom. The predicted molar refractivity (Wildman–Crippen MR) is 62.0 cm³/mol. The largest absolute Gasteiger partial charge is 0.480 e. The number of rotatable bonds is 5. The molecule has 1 atom stereocenters. The quantitative estimate of drug-likeness (QED) is 0.700. The van der Waals surface area contributed by atoms with Crippen LogP contribution >= 0.6 is 11.8 Å². The number of hydrogen-bond donors (Lipinski definition) is 2. The van der Waals surface area contributed by atoms with E-state index in [0.29, 0.717) is 0 Å². The van der Waals surface area contributed by atoms with E-state index in [1.807, 2.05) is 6.07 Å². The lowest BCUT2D eigenvalue weighted by atomic mass is 9.87. The molecule has 5 nitrogen and oxygen atoms in total. The molecular formula is C10H16N2O3S. The van der Waals surface area contributed by atoms with Crippen LogP contribution in [0.15, 0.2) is 0 Å². The highest BCUT2D eigenvalue weighted by molar-refractivity contribution is 8.00. The van der Waals surface area contributed by atoms with Crippen molar-refractivity contribution in [1.82, 2.24) is 5.32 Å². The standard InChI is InChI=1S/C10H16N2O3S/c1-10(2,3)8(9(14)15)12-7(13)6-16-5-4-11/h8H,5-6H2,1-3H3,(H,12,13)(H,14,15)/t8-/m0/s1. The fourth-order valence-corrected chi connectivity index (χ4v) is 1.50. The molecule has 0 rings (SSSR count). The van der Waals surface area contributed by atoms with Gasteiger partial charge in [-0.3, -0.25) is 4.79 Å². The average molecular weight is 244 g/mol. The second kappa shape index (κ2) is 6.38. The third kappa shape index (κ3) is 5.61. The van der Waals surface area contributed by atoms with Gasteiger partial charge in [-0.2, -0.15) is 5.26 Å². The van der Waals surface area contributed by atoms with Gasteiger partial charge in [0.25, 0.3) is 0 Å². The van der Waals surface area contributed by atoms with Crippen molar-refractivity contribution in [3.8, 4) is 6.07 Å². The summed E-state index contributed by atoms with van der Waals surface area (Å²) in [5.41, 5.74) is -0.540. The first kappa shape index (κ1) is 14.8. The van der Waals surface area contributed by atoms with Gasteiger partial charge in [0, 0.05) is 0 Å². The van der Waals surface area contributed by atoms with E-state index in [1.165, 1.54) is 0 Å². The highest BCUT2D eigenvalue weighted by Gasteiger charge is 2.32. The zero-order valence-electron chi connectivity index (χ0n) is 9.61. The van der Waals surface area contributed by atoms with Crippen LogP contribution in [0.1, 0.15) is 20.8 Å². The molecule has 0 fully saturated rings. The molecule has 0 spiro atoms. The molecule has 6 heteroatoms. The highest BCUT2D eigenvalue weighted by atomic mass is 32.2. The third-order valence-electron chi connectivity index (χ3n) is 1.82. The number of carbonyl (C=O) groups excluding carboxylic acids is 1. The Hall–Kier alpha value is -1.22. The number of carboxylic acid groups (broad SMARTS) is 1. The van der Waals surface area contributed by atoms with Crippen molar-refractivity contribution in [3.05, 3.63) is 0 Å². The van der Waals surface area contributed by atoms with E-state index in [4.69, 9.17) is 10.4 Å². The lowest BCUT2D eigenvalue weighted by Gasteiger charge is -2.27. The summed E-state index contributed by atoms with van der Waals surface area (Å²) in [6.07, 6.45) is 0. The SMILES string of the molecule is CC(C)(C)[C@@H](NC(=O)CSCC#N)C(=O)O. The van der Waals surface area contributed by atoms with Crippen LogP contribution in [0.3, 0.4) is 0 Å². The number of hydrogen-bond acceptors (Lipinski definition) is 4. The number of aliphatic carboxylic acids is 1. The minimum atomic E-state index is -1.05. The van der Waals surface area contributed by atoms with Crippen LogP contribution < -0.4 is 5.32 Å². The molecule has 0 bridgehead atoms. The monoisotopic (exact) mass is 244 g/mol. The van der Waals surface area contributed by atoms with Gasteiger partial charge in [0.2, 0.25) is 5.91 Å². The maximum Gasteiger partial charge on any atom is 0.326 e. The van der Waals surface area contributed by atoms with Crippen LogP contribution in [-0.4, -0.2) is 34.5 Å². The lowest BCUT2D eigenvalue weighted by molar-refractivity contribution is -0.144. The van der Waals surface area contributed by atoms with Crippen molar-refractivity contribution in [2.45, 2.75) is 26.8 Å². The van der Waals surface area contributed by atoms with Gasteiger partial charge in [-0.05, 0) is 5.41 Å². The van der Waals surface area contributed by atoms with Crippen molar-refractivity contribution >= 4 is 23.6 Å². The first-order valence-electron chi connectivity index (χ1n) is 4.76. The van der Waals surface area contributed by atoms with Crippen molar-refractivity contribution in [3.63, 3.8) is 0 Å². The summed E-state index contributed by atoms with van der Waals surface area (Å²) < 4.78 is 0. The van der Waals surface area contributed by atoms with Crippen LogP contribution in [0.4, 0.5) is 0 Å². The van der Waals surface area contributed by atoms with Gasteiger partial charge in [-0.25, -0.2) is 4.79 Å². The van der Waals surface area contributed by atoms with Gasteiger partial charge in [-0.1, -0.05) is 20.8 Å². The third-order valence-corrected chi connectivity index (χ3v) is 2.62. The molecule has 0 saturated carbocycles. The molecule has 0 radical (unpaired) electrons. The molecule has 0 aromatic rings. The average Bonchev–Trinajstić information content (AvgIpc) is 2.12. The van der Waals surface area contributed by atoms with Gasteiger partial charge >= 0.3 is 5.97 Å². The Morgan fingerprint density at radius 2 is 2.06 bits per heavy atom. The molecule has 0 saturated heterocycles. The molecular weight excluding hydrogens is 228 g/mol. The van der Waals surface area contributed by atoms with E-state index >= 15 is 0 Å². The van der Waals surface area contributed by atoms with Crippen molar-refractivity contribution in [1.29, 1.82) is 5.26 Å². The maximum atomic E-state index is 11.4. The minimum absolute atomic E-state index is 0.105. The van der Waals surface area contributed by atoms with Crippen LogP contribution in [-0.2, 0) is 9.59 Å². The Labute approximate surface area is 99.2 Å². The molecule has 16 heavy (non-hydrogen) atoms. The number of nitrogens with zero attached hydrogens (tertiary/aromatic N) is 1.